The van der Waals surface area contributed by atoms with Gasteiger partial charge in [0.15, 0.2) is 65.7 Å². The van der Waals surface area contributed by atoms with Crippen LogP contribution in [0.2, 0.25) is 0 Å². The molecule has 0 amide bonds. The Kier molecular flexibility index (Phi) is 21.6. The molecule has 34 nitrogen and oxygen atoms in total. The summed E-state index contributed by atoms with van der Waals surface area (Å²) in [5.41, 5.74) is -19.6. The molecule has 14 rings (SSSR count). The standard InChI is InChI=1S/C77H100O34/c1-12-19-74(95)71(109-40-17-15-38(27(4)102-40)106-41-18-21-73(94,30(7)78)31(8)105-41)61(90)64(107-42-24-36(80)53(82)28(5)103-42)34-23-32-22-33-45(55(84)44(32)69(92)76(34,74)96)56(85)49(67(100-11)63(33)98-9)48-57(86)46-47(60(89)66(48)99-10)58(87)50-51(59(46)88)70(93)77(97)52-65(50)111-75(77,20-13-2)72(110-39-16-14-35(79)26(3)101-39)62(91)68(52)108-43-25-37(81)54(83)29(6)104-43/h22,26-29,31,34-43,52-54,61-62,64-65,68,71-72,79-85,87-88,90-91,94-97H,12-21,23-25H2,1-11H3. The van der Waals surface area contributed by atoms with Crippen LogP contribution in [-0.2, 0) is 68.1 Å². The van der Waals surface area contributed by atoms with E-state index in [2.05, 4.69) is 0 Å². The number of methoxy groups -OCH3 is 3. The van der Waals surface area contributed by atoms with Gasteiger partial charge in [0.25, 0.3) is 0 Å². The van der Waals surface area contributed by atoms with Gasteiger partial charge in [0.2, 0.25) is 23.1 Å². The number of rotatable bonds is 19. The third-order valence-corrected chi connectivity index (χ3v) is 25.6. The van der Waals surface area contributed by atoms with E-state index >= 15 is 19.2 Å². The summed E-state index contributed by atoms with van der Waals surface area (Å²) in [4.78, 5) is 76.4. The van der Waals surface area contributed by atoms with Crippen molar-refractivity contribution in [2.24, 2.45) is 11.8 Å². The number of ketones is 5. The molecule has 6 heterocycles. The van der Waals surface area contributed by atoms with Gasteiger partial charge in [-0.05, 0) is 91.7 Å². The van der Waals surface area contributed by atoms with Gasteiger partial charge in [-0.3, -0.25) is 24.0 Å². The molecule has 3 aromatic carbocycles. The van der Waals surface area contributed by atoms with Gasteiger partial charge >= 0.3 is 0 Å². The smallest absolute Gasteiger partial charge is 0.232 e. The number of fused-ring (bicyclic) bond motifs is 6. The lowest BCUT2D eigenvalue weighted by atomic mass is 9.53. The molecule has 8 fully saturated rings. The normalized spacial score (nSPS) is 42.8. The van der Waals surface area contributed by atoms with Gasteiger partial charge in [-0.25, -0.2) is 0 Å². The largest absolute Gasteiger partial charge is 0.507 e. The highest BCUT2D eigenvalue weighted by atomic mass is 16.7. The fraction of sp³-hybridized carbons (Fsp3) is 0.701. The highest BCUT2D eigenvalue weighted by molar-refractivity contribution is 6.43. The summed E-state index contributed by atoms with van der Waals surface area (Å²) in [5.74, 6) is -16.6. The summed E-state index contributed by atoms with van der Waals surface area (Å²) in [6.07, 6.45) is -33.1. The van der Waals surface area contributed by atoms with Gasteiger partial charge < -0.3 is 143 Å². The molecule has 3 aromatic rings. The van der Waals surface area contributed by atoms with Crippen LogP contribution in [0.25, 0.3) is 16.3 Å². The van der Waals surface area contributed by atoms with Crippen molar-refractivity contribution in [1.82, 2.24) is 0 Å². The van der Waals surface area contributed by atoms with Crippen LogP contribution in [-0.4, -0.2) is 290 Å². The van der Waals surface area contributed by atoms with Gasteiger partial charge in [-0.15, -0.1) is 0 Å². The van der Waals surface area contributed by atoms with Crippen molar-refractivity contribution >= 4 is 45.3 Å². The molecule has 30 atom stereocenters. The van der Waals surface area contributed by atoms with E-state index in [-0.39, 0.29) is 68.7 Å². The van der Waals surface area contributed by atoms with Crippen molar-refractivity contribution in [2.45, 2.75) is 308 Å². The van der Waals surface area contributed by atoms with Crippen LogP contribution in [0.5, 0.6) is 34.5 Å². The summed E-state index contributed by atoms with van der Waals surface area (Å²) in [6.45, 7) is 12.2. The topological polar surface area (TPSA) is 518 Å². The molecule has 0 aromatic heterocycles. The molecule has 5 aliphatic carbocycles. The van der Waals surface area contributed by atoms with E-state index in [1.165, 1.54) is 26.8 Å². The predicted molar refractivity (Wildman–Crippen MR) is 374 cm³/mol. The van der Waals surface area contributed by atoms with Crippen LogP contribution in [0, 0.1) is 11.8 Å². The molecular weight excluding hydrogens is 1470 g/mol. The summed E-state index contributed by atoms with van der Waals surface area (Å²) in [6, 6.07) is 1.25. The Labute approximate surface area is 636 Å². The minimum absolute atomic E-state index is 0.00134. The van der Waals surface area contributed by atoms with Gasteiger partial charge in [-0.1, -0.05) is 26.7 Å². The van der Waals surface area contributed by atoms with Gasteiger partial charge in [0.1, 0.15) is 76.4 Å². The van der Waals surface area contributed by atoms with E-state index in [0.717, 1.165) is 21.3 Å². The van der Waals surface area contributed by atoms with E-state index in [4.69, 9.17) is 66.3 Å². The maximum absolute atomic E-state index is 16.2. The number of benzene rings is 3. The Balaban J connectivity index is 0.865. The lowest BCUT2D eigenvalue weighted by molar-refractivity contribution is -0.358. The Morgan fingerprint density at radius 3 is 1.65 bits per heavy atom. The first-order valence-electron chi connectivity index (χ1n) is 38.0. The van der Waals surface area contributed by atoms with Crippen molar-refractivity contribution < 1.29 is 167 Å². The SMILES string of the molecule is CCCC1(O)C(OC2CCC(OC3CCC(O)(C(C)=O)C(C)O3)C(C)O2)C(O)C(OC2CC(O)C(O)C(C)O2)C2Cc3cc4c(OC)c(OC)c(C5=C(OC)C(=O)c6c(O)c7c(c(O)c6C5=O)C(=O)C5(O)C6C7OC5(CCC)C(OC5CCC(O)C(C)O5)C(O)C6OC5CC(O)C(O)C(C)O5)c(O)c4c(O)c3C(=O)C21O. The number of aromatic hydroxyl groups is 4. The third kappa shape index (κ3) is 12.0. The number of carbonyl (C=O) groups excluding carboxylic acids is 5. The Morgan fingerprint density at radius 2 is 1.08 bits per heavy atom. The zero-order chi connectivity index (χ0) is 80.4. The molecular formula is C77H100O34. The molecule has 0 spiro atoms. The van der Waals surface area contributed by atoms with E-state index < -0.39 is 320 Å². The Morgan fingerprint density at radius 1 is 0.532 bits per heavy atom. The quantitative estimate of drug-likeness (QED) is 0.0757. The zero-order valence-electron chi connectivity index (χ0n) is 63.2. The molecule has 15 N–H and O–H groups in total. The molecule has 612 valence electrons. The number of aliphatic hydroxyl groups is 11. The van der Waals surface area contributed by atoms with Crippen molar-refractivity contribution in [3.8, 4) is 34.5 Å². The second-order valence-corrected chi connectivity index (χ2v) is 31.7. The van der Waals surface area contributed by atoms with Crippen LogP contribution in [0.15, 0.2) is 11.8 Å². The summed E-state index contributed by atoms with van der Waals surface area (Å²) in [5, 5.41) is 183. The minimum atomic E-state index is -3.19. The second-order valence-electron chi connectivity index (χ2n) is 31.7. The molecule has 0 radical (unpaired) electrons. The fourth-order valence-corrected chi connectivity index (χ4v) is 19.8. The maximum Gasteiger partial charge on any atom is 0.232 e. The number of phenolic OH excluding ortho intramolecular Hbond substituents is 4. The number of hydrogen-bond acceptors (Lipinski definition) is 34. The van der Waals surface area contributed by atoms with E-state index in [1.807, 2.05) is 0 Å². The fourth-order valence-electron chi connectivity index (χ4n) is 19.8. The molecule has 6 saturated heterocycles. The Hall–Kier alpha value is -6.27. The first-order valence-corrected chi connectivity index (χ1v) is 38.0. The van der Waals surface area contributed by atoms with Crippen LogP contribution in [0.4, 0.5) is 0 Å². The zero-order valence-corrected chi connectivity index (χ0v) is 63.2. The predicted octanol–water partition coefficient (Wildman–Crippen LogP) is 1.53. The monoisotopic (exact) mass is 1570 g/mol. The maximum atomic E-state index is 16.2. The number of allylic oxidation sites excluding steroid dienone is 2. The summed E-state index contributed by atoms with van der Waals surface area (Å²) in [7, 11) is 3.10. The molecule has 34 heteroatoms. The lowest BCUT2D eigenvalue weighted by Gasteiger charge is -2.60. The number of aliphatic hydroxyl groups excluding tert-OH is 7. The Bertz CT molecular complexity index is 4220. The molecule has 111 heavy (non-hydrogen) atoms. The van der Waals surface area contributed by atoms with Crippen LogP contribution >= 0.6 is 0 Å². The lowest BCUT2D eigenvalue weighted by Crippen LogP contribution is -2.80. The first-order chi connectivity index (χ1) is 52.4. The average Bonchev–Trinajstić information content (AvgIpc) is 1.47. The molecule has 4 bridgehead atoms. The van der Waals surface area contributed by atoms with Gasteiger partial charge in [-0.2, -0.15) is 0 Å². The number of ether oxygens (including phenoxy) is 14. The minimum Gasteiger partial charge on any atom is -0.507 e. The van der Waals surface area contributed by atoms with E-state index in [9.17, 15) is 81.4 Å². The first kappa shape index (κ1) is 81.3. The third-order valence-electron chi connectivity index (χ3n) is 25.6. The van der Waals surface area contributed by atoms with Crippen molar-refractivity contribution in [3.63, 3.8) is 0 Å². The number of hydrogen-bond donors (Lipinski definition) is 15. The van der Waals surface area contributed by atoms with Crippen LogP contribution < -0.4 is 9.47 Å². The van der Waals surface area contributed by atoms with Gasteiger partial charge in [0, 0.05) is 49.0 Å². The van der Waals surface area contributed by atoms with E-state index in [0.29, 0.717) is 0 Å². The second kappa shape index (κ2) is 29.5. The van der Waals surface area contributed by atoms with E-state index in [1.54, 1.807) is 34.6 Å². The molecule has 30 unspecified atom stereocenters. The van der Waals surface area contributed by atoms with Crippen molar-refractivity contribution in [2.75, 3.05) is 21.3 Å². The number of phenols is 4. The number of carbonyl (C=O) groups is 5. The average molecular weight is 1570 g/mol. The highest BCUT2D eigenvalue weighted by Crippen LogP contribution is 2.69. The van der Waals surface area contributed by atoms with Crippen molar-refractivity contribution in [3.05, 3.63) is 50.8 Å². The van der Waals surface area contributed by atoms with Crippen LogP contribution in [0.3, 0.4) is 0 Å². The highest BCUT2D eigenvalue weighted by Gasteiger charge is 2.82. The summed E-state index contributed by atoms with van der Waals surface area (Å²) >= 11 is 0. The molecule has 2 saturated carbocycles. The molecule has 11 aliphatic rings. The van der Waals surface area contributed by atoms with Gasteiger partial charge in [0.05, 0.1) is 139 Å². The number of Topliss-reactive ketones (excluding diaryl/α,β-unsaturated/α-hetero) is 5. The summed E-state index contributed by atoms with van der Waals surface area (Å²) < 4.78 is 87.2. The van der Waals surface area contributed by atoms with Crippen molar-refractivity contribution in [1.29, 1.82) is 0 Å². The van der Waals surface area contributed by atoms with Crippen LogP contribution in [0.1, 0.15) is 197 Å². The molecule has 6 aliphatic heterocycles.